The summed E-state index contributed by atoms with van der Waals surface area (Å²) in [6, 6.07) is 0.557. The van der Waals surface area contributed by atoms with Gasteiger partial charge < -0.3 is 10.5 Å². The predicted octanol–water partition coefficient (Wildman–Crippen LogP) is 1.81. The number of thioether (sulfide) groups is 1. The lowest BCUT2D eigenvalue weighted by Gasteiger charge is -2.45. The van der Waals surface area contributed by atoms with Gasteiger partial charge in [-0.15, -0.1) is 0 Å². The summed E-state index contributed by atoms with van der Waals surface area (Å²) in [6.45, 7) is 7.12. The summed E-state index contributed by atoms with van der Waals surface area (Å²) in [5.41, 5.74) is 5.85. The van der Waals surface area contributed by atoms with Crippen molar-refractivity contribution < 1.29 is 4.74 Å². The van der Waals surface area contributed by atoms with Crippen LogP contribution < -0.4 is 5.73 Å². The number of hydrogen-bond donors (Lipinski definition) is 1. The van der Waals surface area contributed by atoms with E-state index in [1.807, 2.05) is 11.8 Å². The van der Waals surface area contributed by atoms with Gasteiger partial charge in [-0.1, -0.05) is 6.92 Å². The number of nitrogens with two attached hydrogens (primary N) is 1. The zero-order chi connectivity index (χ0) is 12.8. The van der Waals surface area contributed by atoms with E-state index < -0.39 is 0 Å². The van der Waals surface area contributed by atoms with Crippen LogP contribution in [0.15, 0.2) is 0 Å². The molecule has 0 aliphatic carbocycles. The third-order valence-electron chi connectivity index (χ3n) is 3.83. The van der Waals surface area contributed by atoms with Crippen molar-refractivity contribution in [3.05, 3.63) is 0 Å². The van der Waals surface area contributed by atoms with Crippen molar-refractivity contribution in [2.75, 3.05) is 32.7 Å². The van der Waals surface area contributed by atoms with Crippen molar-refractivity contribution in [2.45, 2.75) is 44.9 Å². The molecule has 0 aliphatic heterocycles. The summed E-state index contributed by atoms with van der Waals surface area (Å²) in [5.74, 6) is 1.14. The average Bonchev–Trinajstić information content (AvgIpc) is 2.32. The van der Waals surface area contributed by atoms with E-state index in [1.54, 1.807) is 7.11 Å². The Morgan fingerprint density at radius 2 is 2.06 bits per heavy atom. The molecule has 0 aromatic heterocycles. The van der Waals surface area contributed by atoms with Crippen molar-refractivity contribution in [2.24, 2.45) is 5.73 Å². The van der Waals surface area contributed by atoms with Gasteiger partial charge in [0.25, 0.3) is 0 Å². The van der Waals surface area contributed by atoms with Crippen LogP contribution in [0.2, 0.25) is 0 Å². The molecule has 0 saturated carbocycles. The number of nitrogens with zero attached hydrogens (tertiary/aromatic N) is 1. The van der Waals surface area contributed by atoms with Crippen molar-refractivity contribution in [3.63, 3.8) is 0 Å². The molecule has 0 amide bonds. The summed E-state index contributed by atoms with van der Waals surface area (Å²) >= 11 is 1.89. The van der Waals surface area contributed by atoms with E-state index in [0.717, 1.165) is 12.2 Å². The molecule has 0 saturated heterocycles. The van der Waals surface area contributed by atoms with Gasteiger partial charge in [-0.05, 0) is 33.6 Å². The third-order valence-corrected chi connectivity index (χ3v) is 4.54. The zero-order valence-corrected chi connectivity index (χ0v) is 12.4. The van der Waals surface area contributed by atoms with Crippen LogP contribution in [0.1, 0.15) is 27.2 Å². The fraction of sp³-hybridized carbons (Fsp3) is 1.00. The molecule has 0 aromatic rings. The second-order valence-electron chi connectivity index (χ2n) is 4.57. The highest BCUT2D eigenvalue weighted by Gasteiger charge is 2.37. The van der Waals surface area contributed by atoms with Gasteiger partial charge in [0.15, 0.2) is 0 Å². The van der Waals surface area contributed by atoms with Crippen molar-refractivity contribution in [1.29, 1.82) is 0 Å². The van der Waals surface area contributed by atoms with Crippen molar-refractivity contribution >= 4 is 11.8 Å². The second kappa shape index (κ2) is 7.54. The normalized spacial score (nSPS) is 19.5. The molecule has 0 fully saturated rings. The molecule has 3 unspecified atom stereocenters. The molecule has 0 aliphatic rings. The second-order valence-corrected chi connectivity index (χ2v) is 5.48. The van der Waals surface area contributed by atoms with Crippen molar-refractivity contribution in [3.8, 4) is 0 Å². The van der Waals surface area contributed by atoms with Gasteiger partial charge in [0, 0.05) is 25.4 Å². The van der Waals surface area contributed by atoms with Crippen LogP contribution in [0.5, 0.6) is 0 Å². The lowest BCUT2D eigenvalue weighted by molar-refractivity contribution is -0.0343. The number of ether oxygens (including phenoxy) is 1. The van der Waals surface area contributed by atoms with Crippen molar-refractivity contribution in [1.82, 2.24) is 4.90 Å². The van der Waals surface area contributed by atoms with Gasteiger partial charge in [-0.25, -0.2) is 0 Å². The van der Waals surface area contributed by atoms with Crippen LogP contribution >= 0.6 is 11.8 Å². The fourth-order valence-electron chi connectivity index (χ4n) is 1.96. The minimum absolute atomic E-state index is 0.0921. The lowest BCUT2D eigenvalue weighted by Crippen LogP contribution is -2.60. The Labute approximate surface area is 105 Å². The Kier molecular flexibility index (Phi) is 7.64. The molecule has 98 valence electrons. The molecule has 0 bridgehead atoms. The SMILES string of the molecule is CCC(CSC)N(C)C(C)(CN)C(C)OC. The molecule has 16 heavy (non-hydrogen) atoms. The summed E-state index contributed by atoms with van der Waals surface area (Å²) in [5, 5.41) is 0. The number of rotatable bonds is 8. The zero-order valence-electron chi connectivity index (χ0n) is 11.6. The first-order valence-electron chi connectivity index (χ1n) is 5.92. The van der Waals surface area contributed by atoms with Gasteiger partial charge in [0.05, 0.1) is 11.6 Å². The average molecular weight is 248 g/mol. The highest BCUT2D eigenvalue weighted by molar-refractivity contribution is 7.98. The number of likely N-dealkylation sites (N-methyl/N-ethyl adjacent to an activating group) is 1. The predicted molar refractivity (Wildman–Crippen MR) is 74.2 cm³/mol. The van der Waals surface area contributed by atoms with Gasteiger partial charge in [-0.3, -0.25) is 4.90 Å². The maximum absolute atomic E-state index is 5.94. The summed E-state index contributed by atoms with van der Waals surface area (Å²) in [4.78, 5) is 2.39. The standard InChI is InChI=1S/C12H28N2OS/c1-7-11(8-16-6)14(4)12(3,9-13)10(2)15-5/h10-11H,7-9,13H2,1-6H3. The minimum atomic E-state index is -0.0921. The Morgan fingerprint density at radius 3 is 2.38 bits per heavy atom. The Bertz CT molecular complexity index is 192. The first-order valence-corrected chi connectivity index (χ1v) is 7.32. The highest BCUT2D eigenvalue weighted by atomic mass is 32.2. The van der Waals surface area contributed by atoms with E-state index in [2.05, 4.69) is 39.0 Å². The van der Waals surface area contributed by atoms with Crippen LogP contribution in [0.25, 0.3) is 0 Å². The van der Waals surface area contributed by atoms with Crippen LogP contribution in [-0.2, 0) is 4.74 Å². The van der Waals surface area contributed by atoms with E-state index in [-0.39, 0.29) is 11.6 Å². The van der Waals surface area contributed by atoms with Gasteiger partial charge in [0.1, 0.15) is 0 Å². The van der Waals surface area contributed by atoms with E-state index >= 15 is 0 Å². The lowest BCUT2D eigenvalue weighted by atomic mass is 9.92. The molecule has 3 atom stereocenters. The molecule has 0 aromatic carbocycles. The molecule has 2 N–H and O–H groups in total. The van der Waals surface area contributed by atoms with Crippen LogP contribution in [0.3, 0.4) is 0 Å². The number of hydrogen-bond acceptors (Lipinski definition) is 4. The summed E-state index contributed by atoms with van der Waals surface area (Å²) in [6.07, 6.45) is 3.43. The van der Waals surface area contributed by atoms with E-state index in [9.17, 15) is 0 Å². The monoisotopic (exact) mass is 248 g/mol. The van der Waals surface area contributed by atoms with Crippen LogP contribution in [0.4, 0.5) is 0 Å². The molecule has 0 heterocycles. The topological polar surface area (TPSA) is 38.5 Å². The van der Waals surface area contributed by atoms with E-state index in [0.29, 0.717) is 12.6 Å². The molecule has 0 spiro atoms. The molecular weight excluding hydrogens is 220 g/mol. The number of methoxy groups -OCH3 is 1. The largest absolute Gasteiger partial charge is 0.380 e. The van der Waals surface area contributed by atoms with Crippen LogP contribution in [0, 0.1) is 0 Å². The fourth-order valence-corrected chi connectivity index (χ4v) is 2.81. The van der Waals surface area contributed by atoms with Gasteiger partial charge in [-0.2, -0.15) is 11.8 Å². The third kappa shape index (κ3) is 3.62. The first kappa shape index (κ1) is 16.2. The van der Waals surface area contributed by atoms with E-state index in [4.69, 9.17) is 10.5 Å². The molecule has 4 heteroatoms. The Morgan fingerprint density at radius 1 is 1.50 bits per heavy atom. The molecular formula is C12H28N2OS. The maximum atomic E-state index is 5.94. The Hall–Kier alpha value is 0.230. The quantitative estimate of drug-likeness (QED) is 0.711. The van der Waals surface area contributed by atoms with Crippen LogP contribution in [-0.4, -0.2) is 55.3 Å². The van der Waals surface area contributed by atoms with Gasteiger partial charge >= 0.3 is 0 Å². The highest BCUT2D eigenvalue weighted by Crippen LogP contribution is 2.24. The minimum Gasteiger partial charge on any atom is -0.380 e. The summed E-state index contributed by atoms with van der Waals surface area (Å²) < 4.78 is 5.47. The summed E-state index contributed by atoms with van der Waals surface area (Å²) in [7, 11) is 3.91. The maximum Gasteiger partial charge on any atom is 0.0736 e. The molecule has 3 nitrogen and oxygen atoms in total. The molecule has 0 radical (unpaired) electrons. The first-order chi connectivity index (χ1) is 7.47. The molecule has 0 rings (SSSR count). The Balaban J connectivity index is 4.78. The van der Waals surface area contributed by atoms with E-state index in [1.165, 1.54) is 0 Å². The van der Waals surface area contributed by atoms with Gasteiger partial charge in [0.2, 0.25) is 0 Å². The smallest absolute Gasteiger partial charge is 0.0736 e.